The molecule has 7 heteroatoms. The van der Waals surface area contributed by atoms with Gasteiger partial charge in [0.2, 0.25) is 6.79 Å². The van der Waals surface area contributed by atoms with E-state index in [2.05, 4.69) is 0 Å². The summed E-state index contributed by atoms with van der Waals surface area (Å²) in [4.78, 5) is 22.4. The van der Waals surface area contributed by atoms with Gasteiger partial charge in [-0.1, -0.05) is 0 Å². The van der Waals surface area contributed by atoms with Gasteiger partial charge in [-0.25, -0.2) is 4.79 Å². The monoisotopic (exact) mass is 393 g/mol. The number of carboxylic acids is 2. The van der Waals surface area contributed by atoms with Gasteiger partial charge in [-0.05, 0) is 67.4 Å². The van der Waals surface area contributed by atoms with E-state index in [1.165, 1.54) is 0 Å². The third kappa shape index (κ3) is 3.54. The van der Waals surface area contributed by atoms with Crippen LogP contribution < -0.4 is 9.47 Å². The van der Waals surface area contributed by atoms with Crippen LogP contribution in [0.5, 0.6) is 11.5 Å². The maximum Gasteiger partial charge on any atom is 0.335 e. The van der Waals surface area contributed by atoms with Crippen LogP contribution in [0.2, 0.25) is 0 Å². The number of carbonyl (C=O) groups is 2. The second-order valence-corrected chi connectivity index (χ2v) is 6.81. The Bertz CT molecular complexity index is 1110. The van der Waals surface area contributed by atoms with Crippen LogP contribution in [0.25, 0.3) is 16.9 Å². The Hall–Kier alpha value is -3.74. The first-order chi connectivity index (χ1) is 13.9. The van der Waals surface area contributed by atoms with Gasteiger partial charge >= 0.3 is 11.9 Å². The smallest absolute Gasteiger partial charge is 0.335 e. The molecule has 0 saturated carbocycles. The molecule has 1 aromatic heterocycles. The van der Waals surface area contributed by atoms with Crippen molar-refractivity contribution < 1.29 is 29.3 Å². The lowest BCUT2D eigenvalue weighted by molar-refractivity contribution is -0.136. The van der Waals surface area contributed by atoms with E-state index in [-0.39, 0.29) is 18.8 Å². The quantitative estimate of drug-likeness (QED) is 0.659. The normalized spacial score (nSPS) is 12.2. The molecule has 3 aromatic rings. The molecule has 0 unspecified atom stereocenters. The molecule has 7 nitrogen and oxygen atoms in total. The SMILES string of the molecule is Cc1cc(C(=O)O)ccc1-n1c(CCC(=O)O)ccc1-c1ccc2c(c1)OCO2. The fourth-order valence-electron chi connectivity index (χ4n) is 3.51. The van der Waals surface area contributed by atoms with Gasteiger partial charge in [0, 0.05) is 16.9 Å². The van der Waals surface area contributed by atoms with E-state index in [0.717, 1.165) is 28.2 Å². The van der Waals surface area contributed by atoms with Crippen LogP contribution in [0.4, 0.5) is 0 Å². The maximum atomic E-state index is 11.3. The van der Waals surface area contributed by atoms with E-state index >= 15 is 0 Å². The van der Waals surface area contributed by atoms with Crippen LogP contribution in [0.1, 0.15) is 28.0 Å². The highest BCUT2D eigenvalue weighted by molar-refractivity contribution is 5.88. The minimum Gasteiger partial charge on any atom is -0.481 e. The molecule has 0 atom stereocenters. The molecule has 0 radical (unpaired) electrons. The third-order valence-electron chi connectivity index (χ3n) is 4.91. The summed E-state index contributed by atoms with van der Waals surface area (Å²) in [6, 6.07) is 14.4. The number of carboxylic acid groups (broad SMARTS) is 2. The second kappa shape index (κ2) is 7.35. The first-order valence-corrected chi connectivity index (χ1v) is 9.11. The Kier molecular flexibility index (Phi) is 4.72. The van der Waals surface area contributed by atoms with Crippen molar-refractivity contribution in [3.63, 3.8) is 0 Å². The average molecular weight is 393 g/mol. The lowest BCUT2D eigenvalue weighted by Crippen LogP contribution is -2.07. The van der Waals surface area contributed by atoms with Crippen molar-refractivity contribution in [3.05, 3.63) is 65.4 Å². The molecule has 0 bridgehead atoms. The molecule has 0 fully saturated rings. The van der Waals surface area contributed by atoms with Crippen molar-refractivity contribution >= 4 is 11.9 Å². The molecule has 1 aliphatic heterocycles. The van der Waals surface area contributed by atoms with Gasteiger partial charge < -0.3 is 24.3 Å². The molecule has 2 aromatic carbocycles. The fourth-order valence-corrected chi connectivity index (χ4v) is 3.51. The summed E-state index contributed by atoms with van der Waals surface area (Å²) in [6.07, 6.45) is 0.344. The van der Waals surface area contributed by atoms with Crippen molar-refractivity contribution in [1.82, 2.24) is 4.57 Å². The van der Waals surface area contributed by atoms with E-state index in [0.29, 0.717) is 17.9 Å². The van der Waals surface area contributed by atoms with Crippen molar-refractivity contribution in [3.8, 4) is 28.4 Å². The summed E-state index contributed by atoms with van der Waals surface area (Å²) < 4.78 is 12.8. The van der Waals surface area contributed by atoms with Crippen molar-refractivity contribution in [2.24, 2.45) is 0 Å². The number of rotatable bonds is 6. The Morgan fingerprint density at radius 1 is 1.00 bits per heavy atom. The topological polar surface area (TPSA) is 98.0 Å². The number of aliphatic carboxylic acids is 1. The number of hydrogen-bond acceptors (Lipinski definition) is 4. The van der Waals surface area contributed by atoms with Crippen molar-refractivity contribution in [2.75, 3.05) is 6.79 Å². The van der Waals surface area contributed by atoms with Crippen LogP contribution in [0.3, 0.4) is 0 Å². The van der Waals surface area contributed by atoms with Crippen LogP contribution in [-0.4, -0.2) is 33.5 Å². The maximum absolute atomic E-state index is 11.3. The Balaban J connectivity index is 1.85. The van der Waals surface area contributed by atoms with Crippen LogP contribution in [0, 0.1) is 6.92 Å². The summed E-state index contributed by atoms with van der Waals surface area (Å²) in [5, 5.41) is 18.4. The van der Waals surface area contributed by atoms with Crippen molar-refractivity contribution in [2.45, 2.75) is 19.8 Å². The van der Waals surface area contributed by atoms with Crippen LogP contribution in [-0.2, 0) is 11.2 Å². The predicted molar refractivity (Wildman–Crippen MR) is 105 cm³/mol. The van der Waals surface area contributed by atoms with E-state index in [1.54, 1.807) is 18.2 Å². The highest BCUT2D eigenvalue weighted by Gasteiger charge is 2.19. The van der Waals surface area contributed by atoms with Crippen LogP contribution >= 0.6 is 0 Å². The molecule has 1 aliphatic rings. The first-order valence-electron chi connectivity index (χ1n) is 9.11. The number of aromatic nitrogens is 1. The summed E-state index contributed by atoms with van der Waals surface area (Å²) >= 11 is 0. The Morgan fingerprint density at radius 3 is 2.52 bits per heavy atom. The van der Waals surface area contributed by atoms with Gasteiger partial charge in [0.25, 0.3) is 0 Å². The number of aryl methyl sites for hydroxylation is 2. The highest BCUT2D eigenvalue weighted by Crippen LogP contribution is 2.37. The van der Waals surface area contributed by atoms with E-state index in [9.17, 15) is 14.7 Å². The van der Waals surface area contributed by atoms with E-state index in [4.69, 9.17) is 14.6 Å². The number of benzene rings is 2. The Labute approximate surface area is 166 Å². The standard InChI is InChI=1S/C22H19NO6/c1-13-10-15(22(26)27)2-6-17(13)23-16(5-9-21(24)25)4-7-18(23)14-3-8-19-20(11-14)29-12-28-19/h2-4,6-8,10-11H,5,9,12H2,1H3,(H,24,25)(H,26,27). The highest BCUT2D eigenvalue weighted by atomic mass is 16.7. The van der Waals surface area contributed by atoms with Crippen molar-refractivity contribution in [1.29, 1.82) is 0 Å². The summed E-state index contributed by atoms with van der Waals surface area (Å²) in [5.74, 6) is -0.533. The predicted octanol–water partition coefficient (Wildman–Crippen LogP) is 3.90. The van der Waals surface area contributed by atoms with Gasteiger partial charge in [-0.15, -0.1) is 0 Å². The molecule has 2 heterocycles. The summed E-state index contributed by atoms with van der Waals surface area (Å²) in [5.41, 5.74) is 4.35. The lowest BCUT2D eigenvalue weighted by Gasteiger charge is -2.17. The number of hydrogen-bond donors (Lipinski definition) is 2. The molecule has 4 rings (SSSR count). The molecule has 0 spiro atoms. The minimum absolute atomic E-state index is 0.00313. The van der Waals surface area contributed by atoms with Gasteiger partial charge in [-0.2, -0.15) is 0 Å². The molecular weight excluding hydrogens is 374 g/mol. The number of aromatic carboxylic acids is 1. The molecule has 148 valence electrons. The largest absolute Gasteiger partial charge is 0.481 e. The number of ether oxygens (including phenoxy) is 2. The molecule has 0 amide bonds. The van der Waals surface area contributed by atoms with E-state index in [1.807, 2.05) is 41.8 Å². The number of fused-ring (bicyclic) bond motifs is 1. The zero-order chi connectivity index (χ0) is 20.5. The van der Waals surface area contributed by atoms with Gasteiger partial charge in [0.05, 0.1) is 17.7 Å². The fraction of sp³-hybridized carbons (Fsp3) is 0.182. The van der Waals surface area contributed by atoms with Crippen LogP contribution in [0.15, 0.2) is 48.5 Å². The first kappa shape index (κ1) is 18.6. The third-order valence-corrected chi connectivity index (χ3v) is 4.91. The average Bonchev–Trinajstić information content (AvgIpc) is 3.32. The molecular formula is C22H19NO6. The second-order valence-electron chi connectivity index (χ2n) is 6.81. The summed E-state index contributed by atoms with van der Waals surface area (Å²) in [7, 11) is 0. The molecule has 0 aliphatic carbocycles. The summed E-state index contributed by atoms with van der Waals surface area (Å²) in [6.45, 7) is 2.02. The zero-order valence-electron chi connectivity index (χ0n) is 15.7. The molecule has 2 N–H and O–H groups in total. The zero-order valence-corrected chi connectivity index (χ0v) is 15.7. The molecule has 29 heavy (non-hydrogen) atoms. The lowest BCUT2D eigenvalue weighted by atomic mass is 10.1. The number of nitrogens with zero attached hydrogens (tertiary/aromatic N) is 1. The van der Waals surface area contributed by atoms with Gasteiger partial charge in [-0.3, -0.25) is 4.79 Å². The minimum atomic E-state index is -0.991. The van der Waals surface area contributed by atoms with Gasteiger partial charge in [0.15, 0.2) is 11.5 Å². The van der Waals surface area contributed by atoms with E-state index < -0.39 is 11.9 Å². The van der Waals surface area contributed by atoms with Gasteiger partial charge in [0.1, 0.15) is 0 Å². The Morgan fingerprint density at radius 2 is 1.79 bits per heavy atom. The molecule has 0 saturated heterocycles.